The smallest absolute Gasteiger partial charge is 0.225 e. The molecule has 1 unspecified atom stereocenters. The fourth-order valence-electron chi connectivity index (χ4n) is 1.24. The molecule has 1 aliphatic rings. The monoisotopic (exact) mass is 156 g/mol. The summed E-state index contributed by atoms with van der Waals surface area (Å²) in [5, 5.41) is 2.53. The highest BCUT2D eigenvalue weighted by Crippen LogP contribution is 2.15. The third-order valence-electron chi connectivity index (χ3n) is 1.96. The van der Waals surface area contributed by atoms with Gasteiger partial charge in [-0.3, -0.25) is 9.59 Å². The molecule has 1 heterocycles. The second kappa shape index (κ2) is 2.90. The fraction of sp³-hybridized carbons (Fsp3) is 0.714. The Hall–Kier alpha value is -1.06. The number of likely N-dealkylation sites (tertiary alicyclic amines) is 1. The largest absolute Gasteiger partial charge is 0.359 e. The molecule has 2 amide bonds. The van der Waals surface area contributed by atoms with Crippen LogP contribution in [0, 0.1) is 5.92 Å². The van der Waals surface area contributed by atoms with Crippen LogP contribution in [0.1, 0.15) is 6.42 Å². The van der Waals surface area contributed by atoms with Crippen molar-refractivity contribution in [2.45, 2.75) is 6.42 Å². The van der Waals surface area contributed by atoms with Crippen LogP contribution in [0.2, 0.25) is 0 Å². The Kier molecular flexibility index (Phi) is 2.12. The van der Waals surface area contributed by atoms with Gasteiger partial charge >= 0.3 is 0 Å². The first-order valence-electron chi connectivity index (χ1n) is 3.60. The number of nitrogens with one attached hydrogen (secondary N) is 1. The molecule has 4 heteroatoms. The zero-order valence-electron chi connectivity index (χ0n) is 6.76. The number of carbonyl (C=O) groups is 2. The minimum atomic E-state index is -0.141. The molecule has 0 bridgehead atoms. The number of nitrogens with zero attached hydrogens (tertiary/aromatic N) is 1. The average molecular weight is 156 g/mol. The lowest BCUT2D eigenvalue weighted by molar-refractivity contribution is -0.128. The molecule has 11 heavy (non-hydrogen) atoms. The van der Waals surface area contributed by atoms with Crippen LogP contribution in [0.25, 0.3) is 0 Å². The van der Waals surface area contributed by atoms with Crippen LogP contribution in [0.5, 0.6) is 0 Å². The summed E-state index contributed by atoms with van der Waals surface area (Å²) in [5.74, 6) is -0.126. The molecule has 0 aliphatic carbocycles. The van der Waals surface area contributed by atoms with E-state index in [0.29, 0.717) is 13.0 Å². The van der Waals surface area contributed by atoms with Crippen molar-refractivity contribution in [3.63, 3.8) is 0 Å². The van der Waals surface area contributed by atoms with Gasteiger partial charge in [-0.1, -0.05) is 0 Å². The van der Waals surface area contributed by atoms with Crippen molar-refractivity contribution in [3.05, 3.63) is 0 Å². The lowest BCUT2D eigenvalue weighted by atomic mass is 10.1. The standard InChI is InChI=1S/C7H12N2O2/c1-8-7(11)5-3-6(10)9(2)4-5/h5H,3-4H2,1-2H3,(H,8,11). The minimum Gasteiger partial charge on any atom is -0.359 e. The quantitative estimate of drug-likeness (QED) is 0.541. The van der Waals surface area contributed by atoms with Gasteiger partial charge in [-0.15, -0.1) is 0 Å². The molecule has 1 saturated heterocycles. The molecule has 1 atom stereocenters. The van der Waals surface area contributed by atoms with E-state index >= 15 is 0 Å². The Labute approximate surface area is 65.6 Å². The molecular formula is C7H12N2O2. The van der Waals surface area contributed by atoms with Crippen molar-refractivity contribution in [3.8, 4) is 0 Å². The van der Waals surface area contributed by atoms with Gasteiger partial charge in [0.15, 0.2) is 0 Å². The summed E-state index contributed by atoms with van der Waals surface area (Å²) in [6.45, 7) is 0.554. The van der Waals surface area contributed by atoms with Crippen molar-refractivity contribution in [1.82, 2.24) is 10.2 Å². The van der Waals surface area contributed by atoms with E-state index in [9.17, 15) is 9.59 Å². The molecule has 1 rings (SSSR count). The van der Waals surface area contributed by atoms with Crippen LogP contribution in [-0.4, -0.2) is 37.4 Å². The predicted molar refractivity (Wildman–Crippen MR) is 39.8 cm³/mol. The first-order valence-corrected chi connectivity index (χ1v) is 3.60. The summed E-state index contributed by atoms with van der Waals surface area (Å²) in [4.78, 5) is 23.5. The molecule has 1 aliphatic heterocycles. The van der Waals surface area contributed by atoms with Crippen molar-refractivity contribution in [2.75, 3.05) is 20.6 Å². The summed E-state index contributed by atoms with van der Waals surface area (Å²) < 4.78 is 0. The molecule has 0 aromatic rings. The predicted octanol–water partition coefficient (Wildman–Crippen LogP) is -0.789. The molecule has 1 N–H and O–H groups in total. The maximum absolute atomic E-state index is 11.0. The van der Waals surface area contributed by atoms with Gasteiger partial charge < -0.3 is 10.2 Å². The van der Waals surface area contributed by atoms with Gasteiger partial charge in [0.05, 0.1) is 5.92 Å². The van der Waals surface area contributed by atoms with Crippen molar-refractivity contribution >= 4 is 11.8 Å². The minimum absolute atomic E-state index is 0.0392. The van der Waals surface area contributed by atoms with Crippen LogP contribution in [0.15, 0.2) is 0 Å². The highest BCUT2D eigenvalue weighted by atomic mass is 16.2. The first kappa shape index (κ1) is 8.04. The van der Waals surface area contributed by atoms with Gasteiger partial charge in [0.2, 0.25) is 11.8 Å². The molecule has 62 valence electrons. The molecule has 0 aromatic carbocycles. The molecule has 1 fully saturated rings. The summed E-state index contributed by atoms with van der Waals surface area (Å²) in [6, 6.07) is 0. The van der Waals surface area contributed by atoms with Crippen molar-refractivity contribution < 1.29 is 9.59 Å². The van der Waals surface area contributed by atoms with Crippen LogP contribution < -0.4 is 5.32 Å². The van der Waals surface area contributed by atoms with Crippen LogP contribution in [0.4, 0.5) is 0 Å². The molecule has 0 radical (unpaired) electrons. The summed E-state index contributed by atoms with van der Waals surface area (Å²) in [5.41, 5.74) is 0. The Balaban J connectivity index is 2.53. The van der Waals surface area contributed by atoms with E-state index in [1.807, 2.05) is 0 Å². The number of carbonyl (C=O) groups excluding carboxylic acids is 2. The molecule has 0 aromatic heterocycles. The lowest BCUT2D eigenvalue weighted by Gasteiger charge is -2.07. The van der Waals surface area contributed by atoms with Crippen LogP contribution >= 0.6 is 0 Å². The van der Waals surface area contributed by atoms with Gasteiger partial charge in [-0.05, 0) is 0 Å². The third-order valence-corrected chi connectivity index (χ3v) is 1.96. The summed E-state index contributed by atoms with van der Waals surface area (Å²) >= 11 is 0. The van der Waals surface area contributed by atoms with E-state index in [1.54, 1.807) is 19.0 Å². The number of hydrogen-bond donors (Lipinski definition) is 1. The number of rotatable bonds is 1. The fourth-order valence-corrected chi connectivity index (χ4v) is 1.24. The van der Waals surface area contributed by atoms with Gasteiger partial charge in [-0.25, -0.2) is 0 Å². The zero-order chi connectivity index (χ0) is 8.43. The Morgan fingerprint density at radius 2 is 2.36 bits per heavy atom. The molecule has 4 nitrogen and oxygen atoms in total. The molecule has 0 spiro atoms. The maximum atomic E-state index is 11.0. The highest BCUT2D eigenvalue weighted by molar-refractivity contribution is 5.88. The molecular weight excluding hydrogens is 144 g/mol. The summed E-state index contributed by atoms with van der Waals surface area (Å²) in [6.07, 6.45) is 0.357. The van der Waals surface area contributed by atoms with Gasteiger partial charge in [0.1, 0.15) is 0 Å². The first-order chi connectivity index (χ1) is 5.15. The number of amides is 2. The topological polar surface area (TPSA) is 49.4 Å². The maximum Gasteiger partial charge on any atom is 0.225 e. The zero-order valence-corrected chi connectivity index (χ0v) is 6.76. The van der Waals surface area contributed by atoms with E-state index in [1.165, 1.54) is 0 Å². The van der Waals surface area contributed by atoms with E-state index in [2.05, 4.69) is 5.32 Å². The summed E-state index contributed by atoms with van der Waals surface area (Å²) in [7, 11) is 3.30. The van der Waals surface area contributed by atoms with E-state index in [0.717, 1.165) is 0 Å². The van der Waals surface area contributed by atoms with Gasteiger partial charge in [0, 0.05) is 27.1 Å². The molecule has 0 saturated carbocycles. The van der Waals surface area contributed by atoms with Crippen molar-refractivity contribution in [2.24, 2.45) is 5.92 Å². The number of hydrogen-bond acceptors (Lipinski definition) is 2. The van der Waals surface area contributed by atoms with Crippen LogP contribution in [-0.2, 0) is 9.59 Å². The Bertz CT molecular complexity index is 191. The van der Waals surface area contributed by atoms with E-state index < -0.39 is 0 Å². The van der Waals surface area contributed by atoms with E-state index in [4.69, 9.17) is 0 Å². The van der Waals surface area contributed by atoms with Gasteiger partial charge in [-0.2, -0.15) is 0 Å². The average Bonchev–Trinajstić information content (AvgIpc) is 2.31. The lowest BCUT2D eigenvalue weighted by Crippen LogP contribution is -2.29. The normalized spacial score (nSPS) is 24.0. The SMILES string of the molecule is CNC(=O)C1CC(=O)N(C)C1. The van der Waals surface area contributed by atoms with Crippen molar-refractivity contribution in [1.29, 1.82) is 0 Å². The highest BCUT2D eigenvalue weighted by Gasteiger charge is 2.31. The van der Waals surface area contributed by atoms with E-state index in [-0.39, 0.29) is 17.7 Å². The van der Waals surface area contributed by atoms with Crippen LogP contribution in [0.3, 0.4) is 0 Å². The second-order valence-corrected chi connectivity index (χ2v) is 2.79. The second-order valence-electron chi connectivity index (χ2n) is 2.79. The Morgan fingerprint density at radius 3 is 2.73 bits per heavy atom. The third kappa shape index (κ3) is 1.50. The Morgan fingerprint density at radius 1 is 1.73 bits per heavy atom. The van der Waals surface area contributed by atoms with Gasteiger partial charge in [0.25, 0.3) is 0 Å².